The number of phenols is 1. The predicted octanol–water partition coefficient (Wildman–Crippen LogP) is 5.34. The molecule has 2 amide bonds. The van der Waals surface area contributed by atoms with Crippen LogP contribution in [0.3, 0.4) is 0 Å². The molecular formula is C22H22ClNO4S. The fourth-order valence-electron chi connectivity index (χ4n) is 3.99. The van der Waals surface area contributed by atoms with Gasteiger partial charge in [0.15, 0.2) is 0 Å². The van der Waals surface area contributed by atoms with Crippen LogP contribution < -0.4 is 10.1 Å². The van der Waals surface area contributed by atoms with Gasteiger partial charge in [0.25, 0.3) is 5.24 Å². The molecule has 1 fully saturated rings. The van der Waals surface area contributed by atoms with Crippen LogP contribution in [0.4, 0.5) is 4.79 Å². The van der Waals surface area contributed by atoms with Gasteiger partial charge in [0.05, 0.1) is 10.3 Å². The summed E-state index contributed by atoms with van der Waals surface area (Å²) in [4.78, 5) is 23.4. The summed E-state index contributed by atoms with van der Waals surface area (Å²) in [5.74, 6) is 1.45. The smallest absolute Gasteiger partial charge is 0.286 e. The number of benzene rings is 2. The number of carbonyl (C=O) groups excluding carboxylic acids is 2. The van der Waals surface area contributed by atoms with Crippen molar-refractivity contribution in [3.63, 3.8) is 0 Å². The number of nitrogens with one attached hydrogen (secondary N) is 1. The number of carbonyl (C=O) groups is 2. The van der Waals surface area contributed by atoms with E-state index >= 15 is 0 Å². The van der Waals surface area contributed by atoms with Crippen molar-refractivity contribution in [2.45, 2.75) is 50.7 Å². The van der Waals surface area contributed by atoms with Crippen LogP contribution in [0.5, 0.6) is 17.2 Å². The lowest BCUT2D eigenvalue weighted by molar-refractivity contribution is -0.118. The van der Waals surface area contributed by atoms with Gasteiger partial charge in [0.2, 0.25) is 5.91 Å². The average Bonchev–Trinajstić information content (AvgIpc) is 3.26. The van der Waals surface area contributed by atoms with E-state index in [2.05, 4.69) is 5.32 Å². The molecule has 5 nitrogen and oxygen atoms in total. The van der Waals surface area contributed by atoms with Crippen LogP contribution >= 0.6 is 23.4 Å². The summed E-state index contributed by atoms with van der Waals surface area (Å²) in [6, 6.07) is 7.08. The highest BCUT2D eigenvalue weighted by Crippen LogP contribution is 2.43. The maximum absolute atomic E-state index is 12.0. The Morgan fingerprint density at radius 3 is 2.69 bits per heavy atom. The van der Waals surface area contributed by atoms with E-state index in [1.165, 1.54) is 5.56 Å². The standard InChI is InChI=1S/C22H22ClNO4S/c1-11(2)16-10-13(6-7-18(16)25)28-20-15-5-3-4-14(15)12(8-17(20)23)9-19-21(26)24-22(27)29-19/h6-8,10-11,19,25H,3-5,9H2,1-2H3,(H,24,26,27). The molecule has 7 heteroatoms. The zero-order valence-electron chi connectivity index (χ0n) is 16.3. The first-order chi connectivity index (χ1) is 13.8. The summed E-state index contributed by atoms with van der Waals surface area (Å²) >= 11 is 7.63. The number of rotatable bonds is 5. The number of phenolic OH excluding ortho intramolecular Hbond substituents is 1. The van der Waals surface area contributed by atoms with Gasteiger partial charge in [0, 0.05) is 5.56 Å². The van der Waals surface area contributed by atoms with Crippen LogP contribution in [0.2, 0.25) is 5.02 Å². The fourth-order valence-corrected chi connectivity index (χ4v) is 5.13. The van der Waals surface area contributed by atoms with E-state index in [1.807, 2.05) is 26.0 Å². The molecule has 0 spiro atoms. The number of halogens is 1. The molecule has 4 rings (SSSR count). The molecule has 152 valence electrons. The van der Waals surface area contributed by atoms with Crippen LogP contribution in [0, 0.1) is 0 Å². The van der Waals surface area contributed by atoms with Crippen molar-refractivity contribution < 1.29 is 19.4 Å². The third-order valence-electron chi connectivity index (χ3n) is 5.41. The molecule has 0 bridgehead atoms. The van der Waals surface area contributed by atoms with Gasteiger partial charge in [0.1, 0.15) is 17.2 Å². The maximum atomic E-state index is 12.0. The third kappa shape index (κ3) is 3.96. The number of amides is 2. The highest BCUT2D eigenvalue weighted by Gasteiger charge is 2.33. The number of hydrogen-bond acceptors (Lipinski definition) is 5. The number of imide groups is 1. The van der Waals surface area contributed by atoms with Crippen LogP contribution in [0.15, 0.2) is 24.3 Å². The molecule has 1 aliphatic heterocycles. The number of ether oxygens (including phenoxy) is 1. The Morgan fingerprint density at radius 1 is 1.24 bits per heavy atom. The molecule has 0 radical (unpaired) electrons. The molecule has 0 saturated carbocycles. The van der Waals surface area contributed by atoms with Gasteiger partial charge in [-0.15, -0.1) is 0 Å². The lowest BCUT2D eigenvalue weighted by Gasteiger charge is -2.18. The van der Waals surface area contributed by atoms with Crippen LogP contribution in [-0.2, 0) is 24.1 Å². The zero-order chi connectivity index (χ0) is 20.7. The Kier molecular flexibility index (Phi) is 5.49. The van der Waals surface area contributed by atoms with Gasteiger partial charge in [-0.05, 0) is 72.6 Å². The molecule has 1 aliphatic carbocycles. The molecule has 2 aliphatic rings. The molecule has 2 aromatic rings. The Labute approximate surface area is 178 Å². The molecule has 2 aromatic carbocycles. The monoisotopic (exact) mass is 431 g/mol. The summed E-state index contributed by atoms with van der Waals surface area (Å²) in [7, 11) is 0. The normalized spacial score (nSPS) is 18.3. The molecule has 1 atom stereocenters. The molecule has 2 N–H and O–H groups in total. The second-order valence-corrected chi connectivity index (χ2v) is 9.30. The molecular weight excluding hydrogens is 410 g/mol. The van der Waals surface area contributed by atoms with Gasteiger partial charge < -0.3 is 9.84 Å². The van der Waals surface area contributed by atoms with Crippen LogP contribution in [0.1, 0.15) is 48.4 Å². The average molecular weight is 432 g/mol. The lowest BCUT2D eigenvalue weighted by Crippen LogP contribution is -2.25. The molecule has 0 aromatic heterocycles. The molecule has 1 unspecified atom stereocenters. The number of hydrogen-bond donors (Lipinski definition) is 2. The van der Waals surface area contributed by atoms with E-state index < -0.39 is 5.25 Å². The summed E-state index contributed by atoms with van der Waals surface area (Å²) < 4.78 is 6.18. The number of aromatic hydroxyl groups is 1. The Morgan fingerprint density at radius 2 is 2.00 bits per heavy atom. The van der Waals surface area contributed by atoms with Crippen molar-refractivity contribution in [3.8, 4) is 17.2 Å². The minimum absolute atomic E-state index is 0.167. The highest BCUT2D eigenvalue weighted by atomic mass is 35.5. The minimum atomic E-state index is -0.416. The summed E-state index contributed by atoms with van der Waals surface area (Å²) in [6.45, 7) is 4.03. The van der Waals surface area contributed by atoms with E-state index in [1.54, 1.807) is 12.1 Å². The maximum Gasteiger partial charge on any atom is 0.286 e. The molecule has 1 heterocycles. The summed E-state index contributed by atoms with van der Waals surface area (Å²) in [6.07, 6.45) is 3.23. The van der Waals surface area contributed by atoms with Crippen molar-refractivity contribution in [3.05, 3.63) is 51.5 Å². The van der Waals surface area contributed by atoms with Crippen molar-refractivity contribution >= 4 is 34.5 Å². The Bertz CT molecular complexity index is 1000. The van der Waals surface area contributed by atoms with E-state index in [9.17, 15) is 14.7 Å². The van der Waals surface area contributed by atoms with E-state index in [0.717, 1.165) is 47.7 Å². The van der Waals surface area contributed by atoms with Crippen LogP contribution in [-0.4, -0.2) is 21.5 Å². The first kappa shape index (κ1) is 20.1. The second kappa shape index (κ2) is 7.92. The van der Waals surface area contributed by atoms with E-state index in [-0.39, 0.29) is 22.8 Å². The van der Waals surface area contributed by atoms with Gasteiger partial charge in [-0.3, -0.25) is 14.9 Å². The van der Waals surface area contributed by atoms with E-state index in [0.29, 0.717) is 22.9 Å². The van der Waals surface area contributed by atoms with Crippen molar-refractivity contribution in [2.75, 3.05) is 0 Å². The van der Waals surface area contributed by atoms with Gasteiger partial charge in [-0.25, -0.2) is 0 Å². The van der Waals surface area contributed by atoms with Crippen molar-refractivity contribution in [2.24, 2.45) is 0 Å². The largest absolute Gasteiger partial charge is 0.508 e. The molecule has 1 saturated heterocycles. The van der Waals surface area contributed by atoms with Gasteiger partial charge in [-0.1, -0.05) is 37.2 Å². The van der Waals surface area contributed by atoms with Crippen molar-refractivity contribution in [1.29, 1.82) is 0 Å². The zero-order valence-corrected chi connectivity index (χ0v) is 17.8. The Hall–Kier alpha value is -2.18. The van der Waals surface area contributed by atoms with Crippen molar-refractivity contribution in [1.82, 2.24) is 5.32 Å². The molecule has 29 heavy (non-hydrogen) atoms. The van der Waals surface area contributed by atoms with Gasteiger partial charge in [-0.2, -0.15) is 0 Å². The summed E-state index contributed by atoms with van der Waals surface area (Å²) in [5, 5.41) is 12.2. The Balaban J connectivity index is 1.66. The third-order valence-corrected chi connectivity index (χ3v) is 6.67. The minimum Gasteiger partial charge on any atom is -0.508 e. The highest BCUT2D eigenvalue weighted by molar-refractivity contribution is 8.15. The summed E-state index contributed by atoms with van der Waals surface area (Å²) in [5.41, 5.74) is 4.06. The number of thioether (sulfide) groups is 1. The first-order valence-electron chi connectivity index (χ1n) is 9.69. The quantitative estimate of drug-likeness (QED) is 0.667. The topological polar surface area (TPSA) is 75.6 Å². The SMILES string of the molecule is CC(C)c1cc(Oc2c(Cl)cc(CC3SC(=O)NC3=O)c3c2CCC3)ccc1O. The lowest BCUT2D eigenvalue weighted by atomic mass is 9.98. The second-order valence-electron chi connectivity index (χ2n) is 7.72. The van der Waals surface area contributed by atoms with Gasteiger partial charge >= 0.3 is 0 Å². The number of fused-ring (bicyclic) bond motifs is 1. The van der Waals surface area contributed by atoms with Crippen LogP contribution in [0.25, 0.3) is 0 Å². The van der Waals surface area contributed by atoms with E-state index in [4.69, 9.17) is 16.3 Å². The first-order valence-corrected chi connectivity index (χ1v) is 10.9. The fraction of sp³-hybridized carbons (Fsp3) is 0.364. The predicted molar refractivity (Wildman–Crippen MR) is 114 cm³/mol.